The molecule has 3 aromatic rings. The van der Waals surface area contributed by atoms with Gasteiger partial charge in [0.05, 0.1) is 16.3 Å². The lowest BCUT2D eigenvalue weighted by molar-refractivity contribution is 0.481. The lowest BCUT2D eigenvalue weighted by Gasteiger charge is -2.18. The van der Waals surface area contributed by atoms with Crippen LogP contribution in [-0.4, -0.2) is 31.5 Å². The number of sulfonamides is 1. The van der Waals surface area contributed by atoms with Crippen LogP contribution in [0.4, 0.5) is 0 Å². The normalized spacial score (nSPS) is 16.8. The zero-order valence-corrected chi connectivity index (χ0v) is 19.6. The van der Waals surface area contributed by atoms with Gasteiger partial charge in [0.2, 0.25) is 10.0 Å². The van der Waals surface area contributed by atoms with Crippen molar-refractivity contribution < 1.29 is 8.42 Å². The lowest BCUT2D eigenvalue weighted by atomic mass is 10.00. The molecule has 0 saturated heterocycles. The summed E-state index contributed by atoms with van der Waals surface area (Å²) in [5.41, 5.74) is 8.30. The van der Waals surface area contributed by atoms with Gasteiger partial charge in [-0.15, -0.1) is 0 Å². The van der Waals surface area contributed by atoms with Gasteiger partial charge in [-0.3, -0.25) is 4.99 Å². The molecule has 0 aliphatic carbocycles. The second kappa shape index (κ2) is 8.58. The maximum absolute atomic E-state index is 13.4. The largest absolute Gasteiger partial charge is 0.252 e. The van der Waals surface area contributed by atoms with E-state index >= 15 is 0 Å². The molecule has 4 nitrogen and oxygen atoms in total. The summed E-state index contributed by atoms with van der Waals surface area (Å²) in [5, 5.41) is 0. The van der Waals surface area contributed by atoms with Gasteiger partial charge in [0.25, 0.3) is 0 Å². The highest BCUT2D eigenvalue weighted by atomic mass is 32.2. The number of benzene rings is 3. The predicted octanol–water partition coefficient (Wildman–Crippen LogP) is 5.54. The number of aryl methyl sites for hydroxylation is 2. The summed E-state index contributed by atoms with van der Waals surface area (Å²) in [6.07, 6.45) is 2.70. The molecule has 5 rings (SSSR count). The molecule has 3 aromatic carbocycles. The summed E-state index contributed by atoms with van der Waals surface area (Å²) in [6, 6.07) is 25.5. The summed E-state index contributed by atoms with van der Waals surface area (Å²) in [5.74, 6) is 0. The molecule has 2 aliphatic heterocycles. The number of nitrogens with zero attached hydrogens (tertiary/aromatic N) is 2. The van der Waals surface area contributed by atoms with Gasteiger partial charge < -0.3 is 0 Å². The van der Waals surface area contributed by atoms with E-state index in [2.05, 4.69) is 37.3 Å². The highest BCUT2D eigenvalue weighted by molar-refractivity contribution is 7.89. The van der Waals surface area contributed by atoms with Gasteiger partial charge in [-0.25, -0.2) is 8.42 Å². The molecule has 0 unspecified atom stereocenters. The average molecular weight is 455 g/mol. The van der Waals surface area contributed by atoms with Crippen LogP contribution in [0.5, 0.6) is 0 Å². The first-order chi connectivity index (χ1) is 15.9. The molecule has 0 amide bonds. The molecule has 2 heterocycles. The van der Waals surface area contributed by atoms with Crippen molar-refractivity contribution in [3.8, 4) is 0 Å². The molecule has 0 aromatic heterocycles. The SMILES string of the molecule is Cc1ccc(C2=NC(c3ccccc3)=CC3=C(C2)CN(S(=O)(=O)c2ccc(C)cc2)C3)cc1. The van der Waals surface area contributed by atoms with Crippen LogP contribution >= 0.6 is 0 Å². The zero-order valence-electron chi connectivity index (χ0n) is 18.8. The van der Waals surface area contributed by atoms with Crippen molar-refractivity contribution >= 4 is 21.4 Å². The van der Waals surface area contributed by atoms with Gasteiger partial charge in [-0.2, -0.15) is 4.31 Å². The third-order valence-electron chi connectivity index (χ3n) is 6.23. The van der Waals surface area contributed by atoms with Crippen LogP contribution in [0.15, 0.2) is 106 Å². The van der Waals surface area contributed by atoms with Crippen LogP contribution in [-0.2, 0) is 10.0 Å². The second-order valence-corrected chi connectivity index (χ2v) is 10.6. The van der Waals surface area contributed by atoms with Gasteiger partial charge >= 0.3 is 0 Å². The molecule has 0 saturated carbocycles. The zero-order chi connectivity index (χ0) is 23.0. The van der Waals surface area contributed by atoms with Gasteiger partial charge in [-0.1, -0.05) is 77.9 Å². The van der Waals surface area contributed by atoms with E-state index in [0.29, 0.717) is 24.4 Å². The molecule has 0 N–H and O–H groups in total. The van der Waals surface area contributed by atoms with E-state index in [0.717, 1.165) is 39.2 Å². The Kier molecular flexibility index (Phi) is 5.60. The highest BCUT2D eigenvalue weighted by Crippen LogP contribution is 2.33. The monoisotopic (exact) mass is 454 g/mol. The summed E-state index contributed by atoms with van der Waals surface area (Å²) in [7, 11) is -3.57. The van der Waals surface area contributed by atoms with Crippen LogP contribution in [0, 0.1) is 13.8 Å². The predicted molar refractivity (Wildman–Crippen MR) is 134 cm³/mol. The van der Waals surface area contributed by atoms with E-state index < -0.39 is 10.0 Å². The average Bonchev–Trinajstić information content (AvgIpc) is 3.14. The fraction of sp³-hybridized carbons (Fsp3) is 0.179. The van der Waals surface area contributed by atoms with E-state index in [-0.39, 0.29) is 0 Å². The highest BCUT2D eigenvalue weighted by Gasteiger charge is 2.33. The first-order valence-electron chi connectivity index (χ1n) is 11.1. The molecule has 2 aliphatic rings. The van der Waals surface area contributed by atoms with E-state index in [1.54, 1.807) is 16.4 Å². The Morgan fingerprint density at radius 1 is 0.758 bits per heavy atom. The number of rotatable bonds is 4. The molecular formula is C28H26N2O2S. The third-order valence-corrected chi connectivity index (χ3v) is 8.03. The van der Waals surface area contributed by atoms with Gasteiger partial charge in [-0.05, 0) is 48.8 Å². The van der Waals surface area contributed by atoms with Gasteiger partial charge in [0, 0.05) is 25.1 Å². The van der Waals surface area contributed by atoms with Crippen molar-refractivity contribution in [2.45, 2.75) is 25.2 Å². The smallest absolute Gasteiger partial charge is 0.243 e. The Labute approximate surface area is 195 Å². The van der Waals surface area contributed by atoms with Crippen LogP contribution in [0.3, 0.4) is 0 Å². The van der Waals surface area contributed by atoms with E-state index in [4.69, 9.17) is 4.99 Å². The Hall–Kier alpha value is -3.28. The van der Waals surface area contributed by atoms with E-state index in [1.807, 2.05) is 49.4 Å². The summed E-state index contributed by atoms with van der Waals surface area (Å²) >= 11 is 0. The molecule has 33 heavy (non-hydrogen) atoms. The first-order valence-corrected chi connectivity index (χ1v) is 12.5. The number of aliphatic imine (C=N–C) groups is 1. The minimum absolute atomic E-state index is 0.338. The fourth-order valence-corrected chi connectivity index (χ4v) is 5.69. The fourth-order valence-electron chi connectivity index (χ4n) is 4.27. The maximum Gasteiger partial charge on any atom is 0.243 e. The molecule has 0 radical (unpaired) electrons. The number of hydrogen-bond acceptors (Lipinski definition) is 3. The topological polar surface area (TPSA) is 49.7 Å². The van der Waals surface area contributed by atoms with Crippen molar-refractivity contribution in [2.24, 2.45) is 4.99 Å². The summed E-state index contributed by atoms with van der Waals surface area (Å²) in [6.45, 7) is 4.77. The van der Waals surface area contributed by atoms with Crippen LogP contribution in [0.2, 0.25) is 0 Å². The molecule has 0 spiro atoms. The molecule has 0 atom stereocenters. The standard InChI is InChI=1S/C28H26N2O2S/c1-20-8-12-23(13-9-20)28-17-25-19-30(33(31,32)26-14-10-21(2)11-15-26)18-24(25)16-27(29-28)22-6-4-3-5-7-22/h3-16H,17-19H2,1-2H3. The molecule has 5 heteroatoms. The van der Waals surface area contributed by atoms with E-state index in [9.17, 15) is 8.42 Å². The third kappa shape index (κ3) is 4.34. The summed E-state index contributed by atoms with van der Waals surface area (Å²) in [4.78, 5) is 5.39. The van der Waals surface area contributed by atoms with Crippen LogP contribution in [0.25, 0.3) is 5.70 Å². The maximum atomic E-state index is 13.4. The Balaban J connectivity index is 1.53. The first kappa shape index (κ1) is 21.6. The Morgan fingerprint density at radius 3 is 2.06 bits per heavy atom. The van der Waals surface area contributed by atoms with Gasteiger partial charge in [0.15, 0.2) is 0 Å². The molecular weight excluding hydrogens is 428 g/mol. The van der Waals surface area contributed by atoms with E-state index in [1.165, 1.54) is 5.56 Å². The Bertz CT molecular complexity index is 1380. The lowest BCUT2D eigenvalue weighted by Crippen LogP contribution is -2.30. The van der Waals surface area contributed by atoms with Crippen molar-refractivity contribution in [1.82, 2.24) is 4.31 Å². The number of hydrogen-bond donors (Lipinski definition) is 0. The van der Waals surface area contributed by atoms with Crippen molar-refractivity contribution in [3.63, 3.8) is 0 Å². The second-order valence-electron chi connectivity index (χ2n) is 8.71. The molecule has 0 bridgehead atoms. The minimum Gasteiger partial charge on any atom is -0.252 e. The van der Waals surface area contributed by atoms with Gasteiger partial charge in [0.1, 0.15) is 0 Å². The quantitative estimate of drug-likeness (QED) is 0.520. The Morgan fingerprint density at radius 2 is 1.39 bits per heavy atom. The van der Waals surface area contributed by atoms with Crippen LogP contribution in [0.1, 0.15) is 28.7 Å². The molecule has 0 fully saturated rings. The minimum atomic E-state index is -3.57. The summed E-state index contributed by atoms with van der Waals surface area (Å²) < 4.78 is 28.3. The van der Waals surface area contributed by atoms with Crippen LogP contribution < -0.4 is 0 Å². The van der Waals surface area contributed by atoms with Crippen molar-refractivity contribution in [2.75, 3.05) is 13.1 Å². The van der Waals surface area contributed by atoms with Crippen molar-refractivity contribution in [3.05, 3.63) is 118 Å². The van der Waals surface area contributed by atoms with Crippen molar-refractivity contribution in [1.29, 1.82) is 0 Å². The molecule has 166 valence electrons.